The number of rotatable bonds is 4. The van der Waals surface area contributed by atoms with Crippen LogP contribution in [0.3, 0.4) is 0 Å². The van der Waals surface area contributed by atoms with E-state index < -0.39 is 22.0 Å². The van der Waals surface area contributed by atoms with Crippen LogP contribution in [0.2, 0.25) is 5.02 Å². The van der Waals surface area contributed by atoms with Gasteiger partial charge in [-0.25, -0.2) is 8.42 Å². The van der Waals surface area contributed by atoms with E-state index >= 15 is 0 Å². The van der Waals surface area contributed by atoms with Crippen LogP contribution in [0.1, 0.15) is 11.1 Å². The molecule has 0 saturated carbocycles. The Labute approximate surface area is 186 Å². The molecule has 160 valence electrons. The number of ether oxygens (including phenoxy) is 1. The Kier molecular flexibility index (Phi) is 5.64. The molecular formula is C23H21ClN2O4S. The van der Waals surface area contributed by atoms with Crippen LogP contribution in [0.15, 0.2) is 71.6 Å². The van der Waals surface area contributed by atoms with Crippen LogP contribution in [0.25, 0.3) is 0 Å². The van der Waals surface area contributed by atoms with E-state index in [1.54, 1.807) is 24.3 Å². The number of amides is 1. The lowest BCUT2D eigenvalue weighted by molar-refractivity contribution is -0.122. The molecule has 0 bridgehead atoms. The summed E-state index contributed by atoms with van der Waals surface area (Å²) in [4.78, 5) is 13.1. The number of nitrogens with zero attached hydrogens (tertiary/aromatic N) is 1. The highest BCUT2D eigenvalue weighted by molar-refractivity contribution is 7.92. The van der Waals surface area contributed by atoms with E-state index in [0.29, 0.717) is 22.1 Å². The van der Waals surface area contributed by atoms with Crippen molar-refractivity contribution in [2.75, 3.05) is 16.2 Å². The number of anilines is 2. The Morgan fingerprint density at radius 1 is 1.00 bits per heavy atom. The van der Waals surface area contributed by atoms with Gasteiger partial charge in [0.2, 0.25) is 0 Å². The number of benzene rings is 3. The number of fused-ring (bicyclic) bond motifs is 1. The number of sulfonamides is 1. The quantitative estimate of drug-likeness (QED) is 0.624. The molecule has 1 heterocycles. The molecule has 1 unspecified atom stereocenters. The van der Waals surface area contributed by atoms with Gasteiger partial charge in [0.15, 0.2) is 6.10 Å². The van der Waals surface area contributed by atoms with Crippen molar-refractivity contribution >= 4 is 38.9 Å². The van der Waals surface area contributed by atoms with Crippen LogP contribution in [0.4, 0.5) is 11.4 Å². The number of halogens is 1. The summed E-state index contributed by atoms with van der Waals surface area (Å²) in [7, 11) is -3.93. The average molecular weight is 457 g/mol. The first-order valence-electron chi connectivity index (χ1n) is 9.68. The van der Waals surface area contributed by atoms with Crippen LogP contribution >= 0.6 is 11.6 Å². The van der Waals surface area contributed by atoms with Gasteiger partial charge in [-0.15, -0.1) is 0 Å². The van der Waals surface area contributed by atoms with Crippen LogP contribution in [-0.4, -0.2) is 27.0 Å². The second-order valence-electron chi connectivity index (χ2n) is 7.32. The Morgan fingerprint density at radius 3 is 2.32 bits per heavy atom. The first kappa shape index (κ1) is 21.2. The standard InChI is InChI=1S/C23H21ClN2O4S/c1-15-6-5-7-16(2)22(15)25-23(27)21-14-26(19-8-3-4-9-20(19)30-21)31(28,29)18-12-10-17(24)11-13-18/h3-13,21H,14H2,1-2H3,(H,25,27). The van der Waals surface area contributed by atoms with E-state index in [2.05, 4.69) is 5.32 Å². The smallest absolute Gasteiger partial charge is 0.267 e. The molecular weight excluding hydrogens is 436 g/mol. The molecule has 31 heavy (non-hydrogen) atoms. The summed E-state index contributed by atoms with van der Waals surface area (Å²) in [5.41, 5.74) is 2.90. The van der Waals surface area contributed by atoms with E-state index in [9.17, 15) is 13.2 Å². The van der Waals surface area contributed by atoms with Gasteiger partial charge in [-0.2, -0.15) is 0 Å². The molecule has 3 aromatic carbocycles. The predicted molar refractivity (Wildman–Crippen MR) is 121 cm³/mol. The van der Waals surface area contributed by atoms with Crippen molar-refractivity contribution in [1.82, 2.24) is 0 Å². The van der Waals surface area contributed by atoms with Gasteiger partial charge < -0.3 is 10.1 Å². The van der Waals surface area contributed by atoms with Gasteiger partial charge >= 0.3 is 0 Å². The number of aryl methyl sites for hydroxylation is 2. The highest BCUT2D eigenvalue weighted by Gasteiger charge is 2.37. The fraction of sp³-hybridized carbons (Fsp3) is 0.174. The fourth-order valence-corrected chi connectivity index (χ4v) is 5.12. The van der Waals surface area contributed by atoms with E-state index in [1.807, 2.05) is 32.0 Å². The molecule has 3 aromatic rings. The van der Waals surface area contributed by atoms with Crippen molar-refractivity contribution in [3.05, 3.63) is 82.9 Å². The van der Waals surface area contributed by atoms with E-state index in [4.69, 9.17) is 16.3 Å². The third kappa shape index (κ3) is 4.11. The monoisotopic (exact) mass is 456 g/mol. The molecule has 0 aromatic heterocycles. The second-order valence-corrected chi connectivity index (χ2v) is 9.62. The molecule has 1 atom stereocenters. The fourth-order valence-electron chi connectivity index (χ4n) is 3.52. The minimum absolute atomic E-state index is 0.0857. The third-order valence-electron chi connectivity index (χ3n) is 5.16. The first-order chi connectivity index (χ1) is 14.8. The van der Waals surface area contributed by atoms with Crippen molar-refractivity contribution < 1.29 is 17.9 Å². The Balaban J connectivity index is 1.69. The molecule has 1 aliphatic heterocycles. The zero-order valence-corrected chi connectivity index (χ0v) is 18.6. The molecule has 1 N–H and O–H groups in total. The van der Waals surface area contributed by atoms with Crippen molar-refractivity contribution in [3.63, 3.8) is 0 Å². The molecule has 4 rings (SSSR count). The van der Waals surface area contributed by atoms with Gasteiger partial charge in [0.1, 0.15) is 5.75 Å². The van der Waals surface area contributed by atoms with Gasteiger partial charge in [-0.05, 0) is 61.4 Å². The van der Waals surface area contributed by atoms with E-state index in [0.717, 1.165) is 11.1 Å². The van der Waals surface area contributed by atoms with Crippen molar-refractivity contribution in [1.29, 1.82) is 0 Å². The molecule has 1 amide bonds. The molecule has 6 nitrogen and oxygen atoms in total. The highest BCUT2D eigenvalue weighted by Crippen LogP contribution is 2.37. The Bertz CT molecular complexity index is 1220. The van der Waals surface area contributed by atoms with Crippen LogP contribution in [0.5, 0.6) is 5.75 Å². The maximum atomic E-state index is 13.4. The van der Waals surface area contributed by atoms with Gasteiger partial charge in [-0.3, -0.25) is 9.10 Å². The Hall–Kier alpha value is -3.03. The summed E-state index contributed by atoms with van der Waals surface area (Å²) < 4.78 is 33.9. The number of carbonyl (C=O) groups excluding carboxylic acids is 1. The number of hydrogen-bond donors (Lipinski definition) is 1. The highest BCUT2D eigenvalue weighted by atomic mass is 35.5. The Morgan fingerprint density at radius 2 is 1.65 bits per heavy atom. The molecule has 8 heteroatoms. The summed E-state index contributed by atoms with van der Waals surface area (Å²) >= 11 is 5.91. The van der Waals surface area contributed by atoms with Gasteiger partial charge in [0.05, 0.1) is 17.1 Å². The number of carbonyl (C=O) groups is 1. The lowest BCUT2D eigenvalue weighted by Crippen LogP contribution is -2.48. The predicted octanol–water partition coefficient (Wildman–Crippen LogP) is 4.55. The summed E-state index contributed by atoms with van der Waals surface area (Å²) in [6.45, 7) is 3.65. The summed E-state index contributed by atoms with van der Waals surface area (Å²) in [6, 6.07) is 18.4. The molecule has 1 aliphatic rings. The number of nitrogens with one attached hydrogen (secondary N) is 1. The van der Waals surface area contributed by atoms with Crippen LogP contribution in [-0.2, 0) is 14.8 Å². The SMILES string of the molecule is Cc1cccc(C)c1NC(=O)C1CN(S(=O)(=O)c2ccc(Cl)cc2)c2ccccc2O1. The number of hydrogen-bond acceptors (Lipinski definition) is 4. The van der Waals surface area contributed by atoms with Crippen molar-refractivity contribution in [2.24, 2.45) is 0 Å². The molecule has 0 spiro atoms. The van der Waals surface area contributed by atoms with Crippen LogP contribution < -0.4 is 14.4 Å². The first-order valence-corrected chi connectivity index (χ1v) is 11.5. The van der Waals surface area contributed by atoms with Crippen LogP contribution in [0, 0.1) is 13.8 Å². The summed E-state index contributed by atoms with van der Waals surface area (Å²) in [6.07, 6.45) is -1.02. The lowest BCUT2D eigenvalue weighted by Gasteiger charge is -2.34. The maximum Gasteiger partial charge on any atom is 0.267 e. The summed E-state index contributed by atoms with van der Waals surface area (Å²) in [5.74, 6) is -0.0869. The second kappa shape index (κ2) is 8.24. The zero-order chi connectivity index (χ0) is 22.2. The van der Waals surface area contributed by atoms with Gasteiger partial charge in [-0.1, -0.05) is 41.9 Å². The maximum absolute atomic E-state index is 13.4. The van der Waals surface area contributed by atoms with Crippen molar-refractivity contribution in [3.8, 4) is 5.75 Å². The molecule has 0 aliphatic carbocycles. The largest absolute Gasteiger partial charge is 0.476 e. The van der Waals surface area contributed by atoms with Crippen molar-refractivity contribution in [2.45, 2.75) is 24.8 Å². The molecule has 0 fully saturated rings. The van der Waals surface area contributed by atoms with Gasteiger partial charge in [0, 0.05) is 10.7 Å². The van der Waals surface area contributed by atoms with Gasteiger partial charge in [0.25, 0.3) is 15.9 Å². The normalized spacial score (nSPS) is 15.7. The topological polar surface area (TPSA) is 75.7 Å². The minimum Gasteiger partial charge on any atom is -0.476 e. The zero-order valence-electron chi connectivity index (χ0n) is 17.0. The number of para-hydroxylation sites is 3. The van der Waals surface area contributed by atoms with E-state index in [1.165, 1.54) is 28.6 Å². The van der Waals surface area contributed by atoms with E-state index in [-0.39, 0.29) is 11.4 Å². The average Bonchev–Trinajstić information content (AvgIpc) is 2.75. The lowest BCUT2D eigenvalue weighted by atomic mass is 10.1. The third-order valence-corrected chi connectivity index (χ3v) is 7.20. The molecule has 0 saturated heterocycles. The summed E-state index contributed by atoms with van der Waals surface area (Å²) in [5, 5.41) is 3.33. The minimum atomic E-state index is -3.93. The molecule has 0 radical (unpaired) electrons.